The average Bonchev–Trinajstić information content (AvgIpc) is 2.44. The van der Waals surface area contributed by atoms with Gasteiger partial charge in [0.05, 0.1) is 18.4 Å². The Balaban J connectivity index is 3.19. The normalized spacial score (nSPS) is 11.3. The number of hydrogen-bond acceptors (Lipinski definition) is 3. The predicted octanol–water partition coefficient (Wildman–Crippen LogP) is 2.34. The Kier molecular flexibility index (Phi) is 4.69. The molecule has 0 aliphatic carbocycles. The Morgan fingerprint density at radius 1 is 1.25 bits per heavy atom. The lowest BCUT2D eigenvalue weighted by molar-refractivity contribution is -0.166. The average molecular weight is 293 g/mol. The van der Waals surface area contributed by atoms with Crippen LogP contribution in [-0.4, -0.2) is 38.4 Å². The number of hydrogen-bond donors (Lipinski definition) is 0. The third-order valence-electron chi connectivity index (χ3n) is 2.53. The van der Waals surface area contributed by atoms with Crippen LogP contribution in [0.15, 0.2) is 24.3 Å². The number of amides is 1. The van der Waals surface area contributed by atoms with Crippen molar-refractivity contribution >= 4 is 17.6 Å². The number of para-hydroxylation sites is 1. The number of rotatable bonds is 4. The number of carbonyl (C=O) groups is 2. The van der Waals surface area contributed by atoms with E-state index in [0.29, 0.717) is 4.90 Å². The van der Waals surface area contributed by atoms with Crippen LogP contribution in [0.3, 0.4) is 0 Å². The molecule has 0 N–H and O–H groups in total. The van der Waals surface area contributed by atoms with E-state index in [1.165, 1.54) is 24.3 Å². The molecule has 1 aromatic rings. The van der Waals surface area contributed by atoms with Crippen LogP contribution in [0.4, 0.5) is 23.2 Å². The standard InChI is InChI=1S/C12H11F4NO3/c1-17(11(19)12(15,16)10(13)14)8-6-4-3-5-7(8)9(18)20-2/h3-6,10H,1-2H3. The smallest absolute Gasteiger partial charge is 0.384 e. The van der Waals surface area contributed by atoms with Crippen LogP contribution in [0.5, 0.6) is 0 Å². The van der Waals surface area contributed by atoms with Gasteiger partial charge in [-0.3, -0.25) is 4.79 Å². The number of alkyl halides is 4. The van der Waals surface area contributed by atoms with E-state index in [2.05, 4.69) is 4.74 Å². The van der Waals surface area contributed by atoms with E-state index in [1.54, 1.807) is 0 Å². The lowest BCUT2D eigenvalue weighted by atomic mass is 10.1. The Hall–Kier alpha value is -2.12. The Labute approximate surface area is 111 Å². The van der Waals surface area contributed by atoms with Gasteiger partial charge in [-0.1, -0.05) is 12.1 Å². The molecule has 0 aliphatic heterocycles. The minimum Gasteiger partial charge on any atom is -0.465 e. The molecule has 0 spiro atoms. The molecule has 20 heavy (non-hydrogen) atoms. The summed E-state index contributed by atoms with van der Waals surface area (Å²) in [5.74, 6) is -7.82. The molecule has 4 nitrogen and oxygen atoms in total. The van der Waals surface area contributed by atoms with Gasteiger partial charge >= 0.3 is 24.2 Å². The van der Waals surface area contributed by atoms with Crippen molar-refractivity contribution < 1.29 is 31.9 Å². The van der Waals surface area contributed by atoms with Gasteiger partial charge < -0.3 is 9.64 Å². The molecule has 0 saturated heterocycles. The molecule has 1 amide bonds. The van der Waals surface area contributed by atoms with E-state index in [9.17, 15) is 27.2 Å². The molecule has 8 heteroatoms. The quantitative estimate of drug-likeness (QED) is 0.632. The number of nitrogens with zero attached hydrogens (tertiary/aromatic N) is 1. The van der Waals surface area contributed by atoms with E-state index < -0.39 is 24.2 Å². The molecule has 1 aromatic carbocycles. The highest BCUT2D eigenvalue weighted by Gasteiger charge is 2.51. The molecule has 0 aromatic heterocycles. The van der Waals surface area contributed by atoms with Crippen LogP contribution in [0.2, 0.25) is 0 Å². The van der Waals surface area contributed by atoms with Crippen molar-refractivity contribution in [3.63, 3.8) is 0 Å². The summed E-state index contributed by atoms with van der Waals surface area (Å²) in [4.78, 5) is 23.2. The molecule has 0 fully saturated rings. The minimum atomic E-state index is -4.84. The second-order valence-electron chi connectivity index (χ2n) is 3.80. The fraction of sp³-hybridized carbons (Fsp3) is 0.333. The Morgan fingerprint density at radius 2 is 1.80 bits per heavy atom. The van der Waals surface area contributed by atoms with Gasteiger partial charge in [0, 0.05) is 7.05 Å². The topological polar surface area (TPSA) is 46.6 Å². The van der Waals surface area contributed by atoms with Crippen molar-refractivity contribution in [2.45, 2.75) is 12.3 Å². The maximum atomic E-state index is 13.0. The molecule has 110 valence electrons. The fourth-order valence-electron chi connectivity index (χ4n) is 1.48. The lowest BCUT2D eigenvalue weighted by Crippen LogP contribution is -2.46. The number of carbonyl (C=O) groups excluding carboxylic acids is 2. The highest BCUT2D eigenvalue weighted by Crippen LogP contribution is 2.29. The number of anilines is 1. The second kappa shape index (κ2) is 5.89. The number of esters is 1. The highest BCUT2D eigenvalue weighted by molar-refractivity contribution is 6.04. The van der Waals surface area contributed by atoms with Crippen LogP contribution in [-0.2, 0) is 9.53 Å². The van der Waals surface area contributed by atoms with Gasteiger partial charge in [0.1, 0.15) is 0 Å². The largest absolute Gasteiger partial charge is 0.465 e. The van der Waals surface area contributed by atoms with Crippen molar-refractivity contribution in [1.82, 2.24) is 0 Å². The third kappa shape index (κ3) is 2.89. The first-order chi connectivity index (χ1) is 9.23. The van der Waals surface area contributed by atoms with Gasteiger partial charge in [0.25, 0.3) is 0 Å². The first-order valence-electron chi connectivity index (χ1n) is 5.35. The van der Waals surface area contributed by atoms with Gasteiger partial charge in [0.2, 0.25) is 0 Å². The zero-order valence-corrected chi connectivity index (χ0v) is 10.6. The van der Waals surface area contributed by atoms with E-state index in [0.717, 1.165) is 14.2 Å². The first kappa shape index (κ1) is 15.9. The summed E-state index contributed by atoms with van der Waals surface area (Å²) in [7, 11) is 1.94. The summed E-state index contributed by atoms with van der Waals surface area (Å²) in [6.07, 6.45) is -4.14. The number of methoxy groups -OCH3 is 1. The van der Waals surface area contributed by atoms with Gasteiger partial charge in [-0.05, 0) is 12.1 Å². The van der Waals surface area contributed by atoms with Gasteiger partial charge in [-0.15, -0.1) is 0 Å². The molecule has 0 bridgehead atoms. The van der Waals surface area contributed by atoms with Crippen LogP contribution in [0.25, 0.3) is 0 Å². The number of benzene rings is 1. The molecule has 0 aliphatic rings. The SMILES string of the molecule is COC(=O)c1ccccc1N(C)C(=O)C(F)(F)C(F)F. The molecule has 0 radical (unpaired) electrons. The van der Waals surface area contributed by atoms with Crippen molar-refractivity contribution in [1.29, 1.82) is 0 Å². The van der Waals surface area contributed by atoms with Gasteiger partial charge in [0.15, 0.2) is 0 Å². The number of ether oxygens (including phenoxy) is 1. The van der Waals surface area contributed by atoms with E-state index in [1.807, 2.05) is 0 Å². The van der Waals surface area contributed by atoms with Crippen molar-refractivity contribution in [2.24, 2.45) is 0 Å². The summed E-state index contributed by atoms with van der Waals surface area (Å²) in [5, 5.41) is 0. The molecule has 1 rings (SSSR count). The molecule has 0 heterocycles. The summed E-state index contributed by atoms with van der Waals surface area (Å²) in [6, 6.07) is 5.18. The molecular weight excluding hydrogens is 282 g/mol. The second-order valence-corrected chi connectivity index (χ2v) is 3.80. The van der Waals surface area contributed by atoms with Crippen molar-refractivity contribution in [2.75, 3.05) is 19.1 Å². The van der Waals surface area contributed by atoms with Crippen LogP contribution in [0, 0.1) is 0 Å². The fourth-order valence-corrected chi connectivity index (χ4v) is 1.48. The summed E-state index contributed by atoms with van der Waals surface area (Å²) >= 11 is 0. The third-order valence-corrected chi connectivity index (χ3v) is 2.53. The lowest BCUT2D eigenvalue weighted by Gasteiger charge is -2.24. The van der Waals surface area contributed by atoms with Crippen molar-refractivity contribution in [3.05, 3.63) is 29.8 Å². The van der Waals surface area contributed by atoms with E-state index in [4.69, 9.17) is 0 Å². The highest BCUT2D eigenvalue weighted by atomic mass is 19.3. The maximum absolute atomic E-state index is 13.0. The monoisotopic (exact) mass is 293 g/mol. The van der Waals surface area contributed by atoms with Crippen molar-refractivity contribution in [3.8, 4) is 0 Å². The summed E-state index contributed by atoms with van der Waals surface area (Å²) in [6.45, 7) is 0. The first-order valence-corrected chi connectivity index (χ1v) is 5.35. The van der Waals surface area contributed by atoms with Crippen LogP contribution >= 0.6 is 0 Å². The summed E-state index contributed by atoms with van der Waals surface area (Å²) < 4.78 is 54.8. The van der Waals surface area contributed by atoms with Gasteiger partial charge in [-0.25, -0.2) is 13.6 Å². The zero-order valence-electron chi connectivity index (χ0n) is 10.6. The van der Waals surface area contributed by atoms with E-state index >= 15 is 0 Å². The van der Waals surface area contributed by atoms with Crippen LogP contribution in [0.1, 0.15) is 10.4 Å². The predicted molar refractivity (Wildman–Crippen MR) is 62.1 cm³/mol. The molecular formula is C12H11F4NO3. The Morgan fingerprint density at radius 3 is 2.30 bits per heavy atom. The zero-order chi connectivity index (χ0) is 15.5. The maximum Gasteiger partial charge on any atom is 0.384 e. The number of halogens is 4. The van der Waals surface area contributed by atoms with E-state index in [-0.39, 0.29) is 11.3 Å². The minimum absolute atomic E-state index is 0.184. The Bertz CT molecular complexity index is 519. The van der Waals surface area contributed by atoms with Crippen LogP contribution < -0.4 is 4.90 Å². The molecule has 0 saturated carbocycles. The molecule has 0 unspecified atom stereocenters. The molecule has 0 atom stereocenters. The summed E-state index contributed by atoms with van der Waals surface area (Å²) in [5.41, 5.74) is -0.430. The van der Waals surface area contributed by atoms with Gasteiger partial charge in [-0.2, -0.15) is 8.78 Å².